The van der Waals surface area contributed by atoms with Crippen molar-refractivity contribution < 1.29 is 0 Å². The van der Waals surface area contributed by atoms with Crippen LogP contribution in [0.4, 0.5) is 0 Å². The Hall–Kier alpha value is -0.510. The second-order valence-corrected chi connectivity index (χ2v) is 5.19. The van der Waals surface area contributed by atoms with E-state index in [0.29, 0.717) is 11.5 Å². The lowest BCUT2D eigenvalue weighted by molar-refractivity contribution is 1.04. The number of H-pyrrole nitrogens is 1. The maximum atomic E-state index is 5.69. The maximum Gasteiger partial charge on any atom is 0.248 e. The van der Waals surface area contributed by atoms with Crippen LogP contribution in [-0.2, 0) is 3.79 Å². The molecule has 0 spiro atoms. The van der Waals surface area contributed by atoms with Gasteiger partial charge in [0, 0.05) is 6.20 Å². The lowest BCUT2D eigenvalue weighted by Gasteiger charge is -2.04. The Kier molecular flexibility index (Phi) is 2.33. The van der Waals surface area contributed by atoms with Crippen LogP contribution in [0.15, 0.2) is 12.3 Å². The summed E-state index contributed by atoms with van der Waals surface area (Å²) in [4.78, 5) is 11.1. The van der Waals surface area contributed by atoms with E-state index in [1.807, 2.05) is 13.0 Å². The molecule has 0 atom stereocenters. The van der Waals surface area contributed by atoms with Crippen LogP contribution >= 0.6 is 34.8 Å². The minimum atomic E-state index is -1.53. The highest BCUT2D eigenvalue weighted by molar-refractivity contribution is 6.66. The fraction of sp³-hybridized carbons (Fsp3) is 0.250. The fourth-order valence-electron chi connectivity index (χ4n) is 1.17. The third-order valence-corrected chi connectivity index (χ3v) is 2.41. The van der Waals surface area contributed by atoms with Gasteiger partial charge in [0.15, 0.2) is 11.5 Å². The smallest absolute Gasteiger partial charge is 0.248 e. The predicted octanol–water partition coefficient (Wildman–Crippen LogP) is 3.09. The Morgan fingerprint density at radius 3 is 2.64 bits per heavy atom. The molecular formula is C8H6Cl3N3. The zero-order chi connectivity index (χ0) is 10.3. The Bertz CT molecular complexity index is 472. The van der Waals surface area contributed by atoms with E-state index in [2.05, 4.69) is 15.0 Å². The molecule has 2 aromatic heterocycles. The number of halogens is 3. The minimum absolute atomic E-state index is 0.291. The van der Waals surface area contributed by atoms with Crippen molar-refractivity contribution in [2.75, 3.05) is 0 Å². The van der Waals surface area contributed by atoms with E-state index in [9.17, 15) is 0 Å². The number of hydrogen-bond donors (Lipinski definition) is 1. The summed E-state index contributed by atoms with van der Waals surface area (Å²) in [7, 11) is 0. The Balaban J connectivity index is 2.69. The molecule has 74 valence electrons. The molecule has 2 aromatic rings. The lowest BCUT2D eigenvalue weighted by Crippen LogP contribution is -2.02. The second kappa shape index (κ2) is 3.26. The van der Waals surface area contributed by atoms with Crippen LogP contribution in [0.25, 0.3) is 11.2 Å². The van der Waals surface area contributed by atoms with Gasteiger partial charge in [-0.05, 0) is 18.6 Å². The molecule has 1 N–H and O–H groups in total. The number of nitrogens with one attached hydrogen (secondary N) is 1. The number of nitrogens with zero attached hydrogens (tertiary/aromatic N) is 2. The van der Waals surface area contributed by atoms with Crippen molar-refractivity contribution in [3.05, 3.63) is 23.7 Å². The Labute approximate surface area is 95.4 Å². The molecule has 0 fully saturated rings. The molecule has 0 aliphatic carbocycles. The molecule has 2 heterocycles. The molecule has 0 bridgehead atoms. The number of aromatic nitrogens is 3. The first-order valence-corrected chi connectivity index (χ1v) is 5.00. The Morgan fingerprint density at radius 1 is 1.36 bits per heavy atom. The van der Waals surface area contributed by atoms with E-state index in [1.54, 1.807) is 6.20 Å². The summed E-state index contributed by atoms with van der Waals surface area (Å²) in [6, 6.07) is 1.86. The highest BCUT2D eigenvalue weighted by atomic mass is 35.6. The molecule has 2 rings (SSSR count). The van der Waals surface area contributed by atoms with Crippen molar-refractivity contribution >= 4 is 46.0 Å². The molecule has 14 heavy (non-hydrogen) atoms. The van der Waals surface area contributed by atoms with Gasteiger partial charge >= 0.3 is 0 Å². The van der Waals surface area contributed by atoms with E-state index < -0.39 is 3.79 Å². The molecule has 3 nitrogen and oxygen atoms in total. The first-order valence-electron chi connectivity index (χ1n) is 3.87. The number of rotatable bonds is 0. The van der Waals surface area contributed by atoms with E-state index in [0.717, 1.165) is 11.1 Å². The van der Waals surface area contributed by atoms with E-state index in [1.165, 1.54) is 0 Å². The summed E-state index contributed by atoms with van der Waals surface area (Å²) in [5, 5.41) is 0. The predicted molar refractivity (Wildman–Crippen MR) is 57.9 cm³/mol. The van der Waals surface area contributed by atoms with Gasteiger partial charge in [-0.2, -0.15) is 0 Å². The van der Waals surface area contributed by atoms with Gasteiger partial charge in [-0.3, -0.25) is 0 Å². The van der Waals surface area contributed by atoms with E-state index >= 15 is 0 Å². The van der Waals surface area contributed by atoms with Crippen LogP contribution in [0.3, 0.4) is 0 Å². The molecule has 0 amide bonds. The molecular weight excluding hydrogens is 244 g/mol. The summed E-state index contributed by atoms with van der Waals surface area (Å²) < 4.78 is -1.53. The molecule has 0 saturated heterocycles. The zero-order valence-electron chi connectivity index (χ0n) is 7.18. The quantitative estimate of drug-likeness (QED) is 0.730. The molecule has 0 aliphatic rings. The number of aromatic amines is 1. The normalized spacial score (nSPS) is 12.3. The standard InChI is InChI=1S/C8H6Cl3N3/c1-4-2-3-12-6-5(4)13-7(14-6)8(9,10)11/h2-3H,1H3,(H,12,13,14). The lowest BCUT2D eigenvalue weighted by atomic mass is 10.3. The summed E-state index contributed by atoms with van der Waals surface area (Å²) in [6.07, 6.45) is 1.67. The number of fused-ring (bicyclic) bond motifs is 1. The SMILES string of the molecule is Cc1ccnc2nc(C(Cl)(Cl)Cl)[nH]c12. The minimum Gasteiger partial charge on any atom is -0.337 e. The molecule has 0 aromatic carbocycles. The van der Waals surface area contributed by atoms with Gasteiger partial charge in [-0.25, -0.2) is 9.97 Å². The van der Waals surface area contributed by atoms with Crippen molar-refractivity contribution in [1.29, 1.82) is 0 Å². The zero-order valence-corrected chi connectivity index (χ0v) is 9.45. The number of aryl methyl sites for hydroxylation is 1. The number of alkyl halides is 3. The number of imidazole rings is 1. The van der Waals surface area contributed by atoms with Crippen molar-refractivity contribution in [3.8, 4) is 0 Å². The van der Waals surface area contributed by atoms with Crippen LogP contribution < -0.4 is 0 Å². The monoisotopic (exact) mass is 249 g/mol. The summed E-state index contributed by atoms with van der Waals surface area (Å²) in [5.41, 5.74) is 2.38. The van der Waals surface area contributed by atoms with Crippen LogP contribution in [0.5, 0.6) is 0 Å². The highest BCUT2D eigenvalue weighted by Crippen LogP contribution is 2.37. The first kappa shape index (κ1) is 10.0. The molecule has 0 aliphatic heterocycles. The maximum absolute atomic E-state index is 5.69. The van der Waals surface area contributed by atoms with Crippen molar-refractivity contribution in [3.63, 3.8) is 0 Å². The van der Waals surface area contributed by atoms with Gasteiger partial charge in [0.1, 0.15) is 0 Å². The van der Waals surface area contributed by atoms with Crippen molar-refractivity contribution in [2.45, 2.75) is 10.7 Å². The third kappa shape index (κ3) is 1.67. The average molecular weight is 251 g/mol. The number of pyridine rings is 1. The van der Waals surface area contributed by atoms with Crippen LogP contribution in [0, 0.1) is 6.92 Å². The van der Waals surface area contributed by atoms with Crippen LogP contribution in [-0.4, -0.2) is 15.0 Å². The summed E-state index contributed by atoms with van der Waals surface area (Å²) in [5.74, 6) is 0.291. The molecule has 0 unspecified atom stereocenters. The van der Waals surface area contributed by atoms with E-state index in [4.69, 9.17) is 34.8 Å². The van der Waals surface area contributed by atoms with Gasteiger partial charge in [-0.1, -0.05) is 34.8 Å². The van der Waals surface area contributed by atoms with Crippen molar-refractivity contribution in [1.82, 2.24) is 15.0 Å². The van der Waals surface area contributed by atoms with Crippen LogP contribution in [0.1, 0.15) is 11.4 Å². The molecule has 0 radical (unpaired) electrons. The second-order valence-electron chi connectivity index (χ2n) is 2.91. The van der Waals surface area contributed by atoms with Gasteiger partial charge in [-0.15, -0.1) is 0 Å². The van der Waals surface area contributed by atoms with Crippen molar-refractivity contribution in [2.24, 2.45) is 0 Å². The molecule has 6 heteroatoms. The highest BCUT2D eigenvalue weighted by Gasteiger charge is 2.27. The van der Waals surface area contributed by atoms with Gasteiger partial charge in [0.2, 0.25) is 3.79 Å². The number of hydrogen-bond acceptors (Lipinski definition) is 2. The largest absolute Gasteiger partial charge is 0.337 e. The third-order valence-electron chi connectivity index (χ3n) is 1.87. The fourth-order valence-corrected chi connectivity index (χ4v) is 1.44. The van der Waals surface area contributed by atoms with Gasteiger partial charge in [0.25, 0.3) is 0 Å². The summed E-state index contributed by atoms with van der Waals surface area (Å²) in [6.45, 7) is 1.93. The van der Waals surface area contributed by atoms with Crippen LogP contribution in [0.2, 0.25) is 0 Å². The summed E-state index contributed by atoms with van der Waals surface area (Å²) >= 11 is 17.1. The first-order chi connectivity index (χ1) is 6.48. The Morgan fingerprint density at radius 2 is 2.07 bits per heavy atom. The van der Waals surface area contributed by atoms with E-state index in [-0.39, 0.29) is 0 Å². The topological polar surface area (TPSA) is 41.6 Å². The van der Waals surface area contributed by atoms with Gasteiger partial charge in [0.05, 0.1) is 5.52 Å². The molecule has 0 saturated carbocycles. The average Bonchev–Trinajstić information content (AvgIpc) is 2.48. The van der Waals surface area contributed by atoms with Gasteiger partial charge < -0.3 is 4.98 Å².